The molecule has 0 aliphatic rings. The second-order valence-corrected chi connectivity index (χ2v) is 8.38. The van der Waals surface area contributed by atoms with E-state index in [1.807, 2.05) is 0 Å². The molecule has 0 heterocycles. The van der Waals surface area contributed by atoms with Gasteiger partial charge in [-0.2, -0.15) is 0 Å². The van der Waals surface area contributed by atoms with E-state index in [4.69, 9.17) is 10.5 Å². The molecule has 0 saturated heterocycles. The van der Waals surface area contributed by atoms with Gasteiger partial charge in [-0.05, 0) is 6.42 Å². The number of nitrogens with zero attached hydrogens (tertiary/aromatic N) is 1. The van der Waals surface area contributed by atoms with Gasteiger partial charge in [0.2, 0.25) is 5.91 Å². The highest BCUT2D eigenvalue weighted by Crippen LogP contribution is 2.14. The molecule has 0 fully saturated rings. The lowest BCUT2D eigenvalue weighted by Crippen LogP contribution is -2.45. The first-order chi connectivity index (χ1) is 14.5. The van der Waals surface area contributed by atoms with Gasteiger partial charge in [-0.25, -0.2) is 0 Å². The summed E-state index contributed by atoms with van der Waals surface area (Å²) >= 11 is 0. The Hall–Kier alpha value is -1.59. The third-order valence-electron chi connectivity index (χ3n) is 5.60. The third-order valence-corrected chi connectivity index (χ3v) is 5.60. The second kappa shape index (κ2) is 20.7. The fraction of sp³-hybridized carbons (Fsp3) is 0.875. The van der Waals surface area contributed by atoms with Gasteiger partial charge in [0.25, 0.3) is 0 Å². The van der Waals surface area contributed by atoms with E-state index in [1.165, 1.54) is 96.9 Å². The molecule has 0 aromatic carbocycles. The number of carboxylic acid groups (broad SMARTS) is 1. The van der Waals surface area contributed by atoms with Gasteiger partial charge in [0, 0.05) is 13.5 Å². The van der Waals surface area contributed by atoms with Crippen molar-refractivity contribution in [1.82, 2.24) is 10.2 Å². The van der Waals surface area contributed by atoms with Crippen LogP contribution in [-0.2, 0) is 9.59 Å². The molecule has 0 atom stereocenters. The molecule has 0 radical (unpaired) electrons. The maximum Gasteiger partial charge on any atom is 0.323 e. The minimum absolute atomic E-state index is 0.158. The maximum absolute atomic E-state index is 12.1. The van der Waals surface area contributed by atoms with Gasteiger partial charge in [-0.15, -0.1) is 0 Å². The number of rotatable bonds is 20. The molecule has 6 heteroatoms. The average molecular weight is 426 g/mol. The smallest absolute Gasteiger partial charge is 0.323 e. The van der Waals surface area contributed by atoms with Crippen molar-refractivity contribution in [3.63, 3.8) is 0 Å². The summed E-state index contributed by atoms with van der Waals surface area (Å²) in [5, 5.41) is 19.1. The number of nitrogens with one attached hydrogen (secondary N) is 2. The van der Waals surface area contributed by atoms with Crippen LogP contribution in [0.3, 0.4) is 0 Å². The Morgan fingerprint density at radius 1 is 0.733 bits per heavy atom. The number of carboxylic acids is 1. The first kappa shape index (κ1) is 28.4. The fourth-order valence-electron chi connectivity index (χ4n) is 3.70. The van der Waals surface area contributed by atoms with E-state index in [2.05, 4.69) is 12.2 Å². The van der Waals surface area contributed by atoms with Crippen molar-refractivity contribution in [3.8, 4) is 0 Å². The van der Waals surface area contributed by atoms with Gasteiger partial charge in [-0.3, -0.25) is 19.9 Å². The molecule has 0 spiro atoms. The van der Waals surface area contributed by atoms with Crippen molar-refractivity contribution in [2.24, 2.45) is 0 Å². The number of hydrogen-bond donors (Lipinski definition) is 3. The van der Waals surface area contributed by atoms with E-state index in [9.17, 15) is 9.59 Å². The van der Waals surface area contributed by atoms with Crippen molar-refractivity contribution >= 4 is 17.8 Å². The highest BCUT2D eigenvalue weighted by Gasteiger charge is 2.19. The van der Waals surface area contributed by atoms with E-state index in [-0.39, 0.29) is 11.9 Å². The summed E-state index contributed by atoms with van der Waals surface area (Å²) in [5.74, 6) is -1.56. The summed E-state index contributed by atoms with van der Waals surface area (Å²) in [6.07, 6.45) is 22.2. The van der Waals surface area contributed by atoms with Gasteiger partial charge < -0.3 is 10.4 Å². The summed E-state index contributed by atoms with van der Waals surface area (Å²) in [6, 6.07) is 0. The van der Waals surface area contributed by atoms with E-state index in [0.29, 0.717) is 6.42 Å². The number of carbonyl (C=O) groups is 2. The van der Waals surface area contributed by atoms with Crippen LogP contribution in [0, 0.1) is 5.41 Å². The van der Waals surface area contributed by atoms with Crippen molar-refractivity contribution in [2.75, 3.05) is 13.6 Å². The Morgan fingerprint density at radius 3 is 1.43 bits per heavy atom. The Labute approximate surface area is 184 Å². The van der Waals surface area contributed by atoms with Crippen molar-refractivity contribution in [2.45, 2.75) is 122 Å². The van der Waals surface area contributed by atoms with Crippen molar-refractivity contribution < 1.29 is 14.7 Å². The Bertz CT molecular complexity index is 455. The predicted octanol–water partition coefficient (Wildman–Crippen LogP) is 6.10. The molecule has 6 nitrogen and oxygen atoms in total. The molecule has 1 amide bonds. The standard InChI is InChI=1S/C24H47N3O3/c1-3-4-5-6-7-8-9-10-11-12-13-14-15-16-17-18-19-20-22(28)27(21-23(29)30)24(25)26-2/h3-21H2,1-2H3,(H2,25,26)(H,29,30). The zero-order valence-electron chi connectivity index (χ0n) is 19.6. The highest BCUT2D eigenvalue weighted by atomic mass is 16.4. The number of hydrogen-bond acceptors (Lipinski definition) is 3. The van der Waals surface area contributed by atoms with Crippen LogP contribution in [0.1, 0.15) is 122 Å². The van der Waals surface area contributed by atoms with Gasteiger partial charge in [0.1, 0.15) is 6.54 Å². The zero-order valence-corrected chi connectivity index (χ0v) is 19.6. The fourth-order valence-corrected chi connectivity index (χ4v) is 3.70. The van der Waals surface area contributed by atoms with Crippen LogP contribution >= 0.6 is 0 Å². The zero-order chi connectivity index (χ0) is 22.5. The van der Waals surface area contributed by atoms with Gasteiger partial charge >= 0.3 is 5.97 Å². The van der Waals surface area contributed by atoms with Crippen molar-refractivity contribution in [3.05, 3.63) is 0 Å². The normalized spacial score (nSPS) is 10.7. The summed E-state index contributed by atoms with van der Waals surface area (Å²) in [4.78, 5) is 24.0. The van der Waals surface area contributed by atoms with Gasteiger partial charge in [0.05, 0.1) is 0 Å². The van der Waals surface area contributed by atoms with Crippen LogP contribution in [0.15, 0.2) is 0 Å². The molecule has 0 aliphatic carbocycles. The van der Waals surface area contributed by atoms with E-state index in [0.717, 1.165) is 24.2 Å². The number of carbonyl (C=O) groups excluding carboxylic acids is 1. The molecule has 0 unspecified atom stereocenters. The molecule has 0 aliphatic heterocycles. The lowest BCUT2D eigenvalue weighted by molar-refractivity contribution is -0.141. The van der Waals surface area contributed by atoms with Crippen LogP contribution in [0.4, 0.5) is 0 Å². The summed E-state index contributed by atoms with van der Waals surface area (Å²) in [6.45, 7) is 1.81. The first-order valence-electron chi connectivity index (χ1n) is 12.3. The van der Waals surface area contributed by atoms with Crippen LogP contribution in [0.25, 0.3) is 0 Å². The predicted molar refractivity (Wildman–Crippen MR) is 125 cm³/mol. The maximum atomic E-state index is 12.1. The molecular formula is C24H47N3O3. The summed E-state index contributed by atoms with van der Waals surface area (Å²) in [7, 11) is 1.51. The molecular weight excluding hydrogens is 378 g/mol. The van der Waals surface area contributed by atoms with Gasteiger partial charge in [-0.1, -0.05) is 110 Å². The van der Waals surface area contributed by atoms with Crippen LogP contribution in [-0.4, -0.2) is 41.4 Å². The molecule has 0 rings (SSSR count). The first-order valence-corrected chi connectivity index (χ1v) is 12.3. The minimum atomic E-state index is -1.11. The SMILES string of the molecule is CCCCCCCCCCCCCCCCCCCC(=O)N(CC(=O)O)C(=N)NC. The second-order valence-electron chi connectivity index (χ2n) is 8.38. The number of guanidine groups is 1. The Morgan fingerprint density at radius 2 is 1.10 bits per heavy atom. The van der Waals surface area contributed by atoms with Gasteiger partial charge in [0.15, 0.2) is 5.96 Å². The molecule has 0 aromatic rings. The number of amides is 1. The number of unbranched alkanes of at least 4 members (excludes halogenated alkanes) is 16. The molecule has 3 N–H and O–H groups in total. The largest absolute Gasteiger partial charge is 0.480 e. The summed E-state index contributed by atoms with van der Waals surface area (Å²) in [5.41, 5.74) is 0. The molecule has 0 saturated carbocycles. The summed E-state index contributed by atoms with van der Waals surface area (Å²) < 4.78 is 0. The molecule has 30 heavy (non-hydrogen) atoms. The lowest BCUT2D eigenvalue weighted by Gasteiger charge is -2.20. The van der Waals surface area contributed by atoms with Crippen molar-refractivity contribution in [1.29, 1.82) is 5.41 Å². The lowest BCUT2D eigenvalue weighted by atomic mass is 10.0. The van der Waals surface area contributed by atoms with E-state index >= 15 is 0 Å². The molecule has 0 aromatic heterocycles. The quantitative estimate of drug-likeness (QED) is 0.125. The molecule has 0 bridgehead atoms. The monoisotopic (exact) mass is 425 g/mol. The number of aliphatic carboxylic acids is 1. The minimum Gasteiger partial charge on any atom is -0.480 e. The Balaban J connectivity index is 3.46. The molecule has 176 valence electrons. The van der Waals surface area contributed by atoms with E-state index < -0.39 is 12.5 Å². The van der Waals surface area contributed by atoms with Crippen LogP contribution in [0.5, 0.6) is 0 Å². The third kappa shape index (κ3) is 17.3. The Kier molecular flexibility index (Phi) is 19.6. The topological polar surface area (TPSA) is 93.5 Å². The highest BCUT2D eigenvalue weighted by molar-refractivity contribution is 5.98. The van der Waals surface area contributed by atoms with Crippen LogP contribution < -0.4 is 5.32 Å². The van der Waals surface area contributed by atoms with Crippen LogP contribution in [0.2, 0.25) is 0 Å². The average Bonchev–Trinajstić information content (AvgIpc) is 2.73. The van der Waals surface area contributed by atoms with E-state index in [1.54, 1.807) is 0 Å².